The van der Waals surface area contributed by atoms with Gasteiger partial charge in [0.2, 0.25) is 5.82 Å². The normalized spacial score (nSPS) is 15.8. The molecule has 0 saturated carbocycles. The van der Waals surface area contributed by atoms with Crippen LogP contribution < -0.4 is 5.32 Å². The Balaban J connectivity index is 1.58. The van der Waals surface area contributed by atoms with Gasteiger partial charge in [-0.2, -0.15) is 4.98 Å². The van der Waals surface area contributed by atoms with Gasteiger partial charge in [-0.1, -0.05) is 78.3 Å². The van der Waals surface area contributed by atoms with Crippen LogP contribution >= 0.6 is 12.2 Å². The van der Waals surface area contributed by atoms with Crippen molar-refractivity contribution in [2.24, 2.45) is 0 Å². The SMILES string of the molecule is CCc1ccc(-c2noc(C3=C(C)N(Cc4cccc(C)c4)C(=S)NC3c3cccc(F)c3)n2)cc1. The van der Waals surface area contributed by atoms with E-state index in [1.54, 1.807) is 6.07 Å². The van der Waals surface area contributed by atoms with Crippen LogP contribution in [-0.4, -0.2) is 20.2 Å². The number of aromatic nitrogens is 2. The second kappa shape index (κ2) is 10.0. The molecule has 5 nitrogen and oxygen atoms in total. The molecule has 2 heterocycles. The van der Waals surface area contributed by atoms with Crippen molar-refractivity contribution in [1.82, 2.24) is 20.4 Å². The van der Waals surface area contributed by atoms with Gasteiger partial charge in [0.1, 0.15) is 5.82 Å². The van der Waals surface area contributed by atoms with E-state index in [0.717, 1.165) is 34.4 Å². The molecule has 1 N–H and O–H groups in total. The minimum atomic E-state index is -0.433. The van der Waals surface area contributed by atoms with Crippen LogP contribution in [0.15, 0.2) is 83.0 Å². The van der Waals surface area contributed by atoms with Crippen molar-refractivity contribution in [1.29, 1.82) is 0 Å². The number of nitrogens with zero attached hydrogens (tertiary/aromatic N) is 3. The number of benzene rings is 3. The number of aryl methyl sites for hydroxylation is 2. The Kier molecular flexibility index (Phi) is 6.65. The Labute approximate surface area is 215 Å². The fourth-order valence-electron chi connectivity index (χ4n) is 4.52. The Morgan fingerprint density at radius 2 is 1.78 bits per heavy atom. The Bertz CT molecular complexity index is 1440. The zero-order valence-electron chi connectivity index (χ0n) is 20.5. The van der Waals surface area contributed by atoms with Crippen LogP contribution in [0.2, 0.25) is 0 Å². The minimum absolute atomic E-state index is 0.318. The van der Waals surface area contributed by atoms with Gasteiger partial charge in [-0.15, -0.1) is 0 Å². The molecule has 0 radical (unpaired) electrons. The molecule has 0 saturated heterocycles. The molecule has 3 aromatic carbocycles. The molecule has 1 atom stereocenters. The summed E-state index contributed by atoms with van der Waals surface area (Å²) >= 11 is 5.77. The maximum Gasteiger partial charge on any atom is 0.258 e. The molecular formula is C29H27FN4OS. The van der Waals surface area contributed by atoms with Crippen LogP contribution in [0.1, 0.15) is 48.0 Å². The molecule has 0 fully saturated rings. The maximum absolute atomic E-state index is 14.2. The Morgan fingerprint density at radius 1 is 1.00 bits per heavy atom. The first-order valence-electron chi connectivity index (χ1n) is 12.0. The van der Waals surface area contributed by atoms with Crippen LogP contribution in [0, 0.1) is 12.7 Å². The third-order valence-electron chi connectivity index (χ3n) is 6.48. The first-order valence-corrected chi connectivity index (χ1v) is 12.4. The zero-order chi connectivity index (χ0) is 25.2. The molecule has 1 aliphatic heterocycles. The molecule has 1 aliphatic rings. The molecule has 4 aromatic rings. The van der Waals surface area contributed by atoms with E-state index >= 15 is 0 Å². The lowest BCUT2D eigenvalue weighted by Crippen LogP contribution is -2.45. The highest BCUT2D eigenvalue weighted by molar-refractivity contribution is 7.80. The number of hydrogen-bond donors (Lipinski definition) is 1. The molecule has 7 heteroatoms. The van der Waals surface area contributed by atoms with E-state index in [2.05, 4.69) is 54.7 Å². The van der Waals surface area contributed by atoms with Crippen LogP contribution in [-0.2, 0) is 13.0 Å². The van der Waals surface area contributed by atoms with E-state index in [1.807, 2.05) is 36.1 Å². The molecule has 182 valence electrons. The zero-order valence-corrected chi connectivity index (χ0v) is 21.3. The van der Waals surface area contributed by atoms with Gasteiger partial charge in [0, 0.05) is 17.8 Å². The van der Waals surface area contributed by atoms with Gasteiger partial charge in [0.25, 0.3) is 5.89 Å². The van der Waals surface area contributed by atoms with Gasteiger partial charge in [-0.25, -0.2) is 4.39 Å². The predicted octanol–water partition coefficient (Wildman–Crippen LogP) is 6.61. The summed E-state index contributed by atoms with van der Waals surface area (Å²) in [6.07, 6.45) is 0.960. The van der Waals surface area contributed by atoms with Crippen LogP contribution in [0.4, 0.5) is 4.39 Å². The van der Waals surface area contributed by atoms with Crippen molar-refractivity contribution in [3.05, 3.63) is 112 Å². The number of nitrogens with one attached hydrogen (secondary N) is 1. The minimum Gasteiger partial charge on any atom is -0.351 e. The highest BCUT2D eigenvalue weighted by atomic mass is 32.1. The fourth-order valence-corrected chi connectivity index (χ4v) is 4.84. The summed E-state index contributed by atoms with van der Waals surface area (Å²) in [4.78, 5) is 6.77. The van der Waals surface area contributed by atoms with E-state index in [-0.39, 0.29) is 5.82 Å². The first kappa shape index (κ1) is 23.9. The summed E-state index contributed by atoms with van der Waals surface area (Å²) in [6.45, 7) is 6.76. The molecule has 1 aromatic heterocycles. The number of hydrogen-bond acceptors (Lipinski definition) is 4. The smallest absolute Gasteiger partial charge is 0.258 e. The average Bonchev–Trinajstić information content (AvgIpc) is 3.36. The largest absolute Gasteiger partial charge is 0.351 e. The average molecular weight is 499 g/mol. The summed E-state index contributed by atoms with van der Waals surface area (Å²) in [7, 11) is 0. The highest BCUT2D eigenvalue weighted by Gasteiger charge is 2.34. The number of halogens is 1. The fraction of sp³-hybridized carbons (Fsp3) is 0.207. The third kappa shape index (κ3) is 4.79. The highest BCUT2D eigenvalue weighted by Crippen LogP contribution is 2.38. The summed E-state index contributed by atoms with van der Waals surface area (Å²) < 4.78 is 20.0. The third-order valence-corrected chi connectivity index (χ3v) is 6.82. The molecular weight excluding hydrogens is 471 g/mol. The predicted molar refractivity (Wildman–Crippen MR) is 143 cm³/mol. The monoisotopic (exact) mass is 498 g/mol. The van der Waals surface area contributed by atoms with Crippen LogP contribution in [0.5, 0.6) is 0 Å². The Hall–Kier alpha value is -3.84. The van der Waals surface area contributed by atoms with E-state index < -0.39 is 6.04 Å². The lowest BCUT2D eigenvalue weighted by atomic mass is 9.94. The summed E-state index contributed by atoms with van der Waals surface area (Å²) in [5, 5.41) is 8.21. The standard InChI is InChI=1S/C29H27FN4OS/c1-4-20-11-13-22(14-12-20)27-32-28(35-33-27)25-19(3)34(17-21-8-5-7-18(2)15-21)29(36)31-26(25)23-9-6-10-24(30)16-23/h5-16,26H,4,17H2,1-3H3,(H,31,36). The van der Waals surface area contributed by atoms with Gasteiger partial charge in [-0.3, -0.25) is 0 Å². The second-order valence-corrected chi connectivity index (χ2v) is 9.37. The van der Waals surface area contributed by atoms with Crippen LogP contribution in [0.25, 0.3) is 17.0 Å². The molecule has 0 bridgehead atoms. The second-order valence-electron chi connectivity index (χ2n) is 8.99. The molecule has 1 unspecified atom stereocenters. The van der Waals surface area contributed by atoms with E-state index in [4.69, 9.17) is 21.7 Å². The summed E-state index contributed by atoms with van der Waals surface area (Å²) in [5.74, 6) is 0.562. The van der Waals surface area contributed by atoms with Gasteiger partial charge in [0.05, 0.1) is 11.6 Å². The Morgan fingerprint density at radius 3 is 2.50 bits per heavy atom. The van der Waals surface area contributed by atoms with Crippen molar-refractivity contribution in [3.63, 3.8) is 0 Å². The van der Waals surface area contributed by atoms with Crippen molar-refractivity contribution in [3.8, 4) is 11.4 Å². The number of thiocarbonyl (C=S) groups is 1. The van der Waals surface area contributed by atoms with Crippen molar-refractivity contribution >= 4 is 22.9 Å². The van der Waals surface area contributed by atoms with E-state index in [9.17, 15) is 4.39 Å². The van der Waals surface area contributed by atoms with Crippen LogP contribution in [0.3, 0.4) is 0 Å². The molecule has 0 aliphatic carbocycles. The first-order chi connectivity index (χ1) is 17.4. The van der Waals surface area contributed by atoms with Gasteiger partial charge in [-0.05, 0) is 61.3 Å². The molecule has 36 heavy (non-hydrogen) atoms. The van der Waals surface area contributed by atoms with Gasteiger partial charge >= 0.3 is 0 Å². The number of rotatable bonds is 6. The molecule has 0 spiro atoms. The van der Waals surface area contributed by atoms with Gasteiger partial charge in [0.15, 0.2) is 5.11 Å². The quantitative estimate of drug-likeness (QED) is 0.302. The van der Waals surface area contributed by atoms with Crippen molar-refractivity contribution in [2.45, 2.75) is 39.8 Å². The van der Waals surface area contributed by atoms with E-state index in [0.29, 0.717) is 23.4 Å². The lowest BCUT2D eigenvalue weighted by Gasteiger charge is -2.37. The van der Waals surface area contributed by atoms with Crippen molar-refractivity contribution in [2.75, 3.05) is 0 Å². The van der Waals surface area contributed by atoms with Gasteiger partial charge < -0.3 is 14.7 Å². The lowest BCUT2D eigenvalue weighted by molar-refractivity contribution is 0.396. The maximum atomic E-state index is 14.2. The summed E-state index contributed by atoms with van der Waals surface area (Å²) in [5.41, 5.74) is 6.80. The van der Waals surface area contributed by atoms with Crippen molar-refractivity contribution < 1.29 is 8.91 Å². The molecule has 5 rings (SSSR count). The molecule has 0 amide bonds. The van der Waals surface area contributed by atoms with E-state index in [1.165, 1.54) is 23.3 Å². The topological polar surface area (TPSA) is 54.2 Å². The summed E-state index contributed by atoms with van der Waals surface area (Å²) in [6, 6.07) is 22.5. The number of allylic oxidation sites excluding steroid dienone is 1.